The van der Waals surface area contributed by atoms with Crippen LogP contribution in [0.15, 0.2) is 47.2 Å². The fourth-order valence-electron chi connectivity index (χ4n) is 2.32. The zero-order chi connectivity index (χ0) is 15.1. The lowest BCUT2D eigenvalue weighted by atomic mass is 10.1. The number of hydrogen-bond acceptors (Lipinski definition) is 3. The zero-order valence-corrected chi connectivity index (χ0v) is 14.2. The molecule has 0 spiro atoms. The summed E-state index contributed by atoms with van der Waals surface area (Å²) in [6.07, 6.45) is 4.83. The molecule has 0 amide bonds. The molecule has 2 aromatic rings. The van der Waals surface area contributed by atoms with Crippen LogP contribution in [0.3, 0.4) is 0 Å². The second-order valence-electron chi connectivity index (χ2n) is 5.16. The van der Waals surface area contributed by atoms with Gasteiger partial charge in [-0.1, -0.05) is 22.9 Å². The molecule has 0 aliphatic carbocycles. The first-order valence-electron chi connectivity index (χ1n) is 7.30. The highest BCUT2D eigenvalue weighted by molar-refractivity contribution is 9.10. The van der Waals surface area contributed by atoms with E-state index in [1.807, 2.05) is 12.4 Å². The van der Waals surface area contributed by atoms with Gasteiger partial charge in [-0.15, -0.1) is 0 Å². The Bertz CT molecular complexity index is 557. The number of hydrogen-bond donors (Lipinski definition) is 1. The van der Waals surface area contributed by atoms with Crippen molar-refractivity contribution in [1.29, 1.82) is 0 Å². The number of halogens is 1. The van der Waals surface area contributed by atoms with Crippen LogP contribution in [0.25, 0.3) is 0 Å². The topological polar surface area (TPSA) is 28.2 Å². The molecule has 0 saturated carbocycles. The van der Waals surface area contributed by atoms with Crippen LogP contribution in [-0.2, 0) is 13.1 Å². The summed E-state index contributed by atoms with van der Waals surface area (Å²) in [6, 6.07) is 10.6. The Morgan fingerprint density at radius 1 is 1.19 bits per heavy atom. The monoisotopic (exact) mass is 347 g/mol. The van der Waals surface area contributed by atoms with Crippen LogP contribution in [0, 0.1) is 0 Å². The number of rotatable bonds is 7. The van der Waals surface area contributed by atoms with E-state index in [0.29, 0.717) is 0 Å². The van der Waals surface area contributed by atoms with Crippen molar-refractivity contribution < 1.29 is 0 Å². The normalized spacial score (nSPS) is 10.6. The summed E-state index contributed by atoms with van der Waals surface area (Å²) < 4.78 is 1.12. The third-order valence-corrected chi connectivity index (χ3v) is 3.86. The average molecular weight is 348 g/mol. The summed E-state index contributed by atoms with van der Waals surface area (Å²) in [4.78, 5) is 6.35. The van der Waals surface area contributed by atoms with E-state index in [1.165, 1.54) is 16.8 Å². The van der Waals surface area contributed by atoms with Crippen molar-refractivity contribution in [2.75, 3.05) is 18.5 Å². The van der Waals surface area contributed by atoms with Gasteiger partial charge in [-0.25, -0.2) is 0 Å². The van der Waals surface area contributed by atoms with Gasteiger partial charge < -0.3 is 10.2 Å². The van der Waals surface area contributed by atoms with Gasteiger partial charge in [0.1, 0.15) is 0 Å². The molecule has 0 radical (unpaired) electrons. The van der Waals surface area contributed by atoms with Crippen molar-refractivity contribution >= 4 is 21.6 Å². The number of aromatic nitrogens is 1. The van der Waals surface area contributed by atoms with Gasteiger partial charge in [-0.3, -0.25) is 4.98 Å². The maximum Gasteiger partial charge on any atom is 0.0427 e. The van der Waals surface area contributed by atoms with Gasteiger partial charge in [0.2, 0.25) is 0 Å². The highest BCUT2D eigenvalue weighted by Crippen LogP contribution is 2.25. The summed E-state index contributed by atoms with van der Waals surface area (Å²) in [5.41, 5.74) is 3.84. The third-order valence-electron chi connectivity index (χ3n) is 3.36. The molecule has 3 nitrogen and oxygen atoms in total. The van der Waals surface area contributed by atoms with E-state index in [-0.39, 0.29) is 0 Å². The Balaban J connectivity index is 2.13. The fourth-order valence-corrected chi connectivity index (χ4v) is 2.72. The SMILES string of the molecule is CCCNCc1cc(Br)ccc1N(C)Cc1ccncc1. The minimum absolute atomic E-state index is 0.880. The lowest BCUT2D eigenvalue weighted by molar-refractivity contribution is 0.673. The highest BCUT2D eigenvalue weighted by atomic mass is 79.9. The van der Waals surface area contributed by atoms with Crippen LogP contribution in [0.2, 0.25) is 0 Å². The summed E-state index contributed by atoms with van der Waals surface area (Å²) in [7, 11) is 2.13. The van der Waals surface area contributed by atoms with Gasteiger partial charge >= 0.3 is 0 Å². The van der Waals surface area contributed by atoms with Crippen molar-refractivity contribution in [3.05, 3.63) is 58.3 Å². The second kappa shape index (κ2) is 8.15. The molecule has 112 valence electrons. The van der Waals surface area contributed by atoms with Crippen molar-refractivity contribution in [1.82, 2.24) is 10.3 Å². The first-order chi connectivity index (χ1) is 10.2. The average Bonchev–Trinajstić information content (AvgIpc) is 2.48. The summed E-state index contributed by atoms with van der Waals surface area (Å²) in [5, 5.41) is 3.48. The van der Waals surface area contributed by atoms with Crippen LogP contribution in [0.1, 0.15) is 24.5 Å². The molecule has 1 N–H and O–H groups in total. The van der Waals surface area contributed by atoms with Gasteiger partial charge in [0.25, 0.3) is 0 Å². The molecule has 0 saturated heterocycles. The molecule has 0 fully saturated rings. The predicted octanol–water partition coefficient (Wildman–Crippen LogP) is 3.98. The first kappa shape index (κ1) is 16.0. The zero-order valence-electron chi connectivity index (χ0n) is 12.6. The summed E-state index contributed by atoms with van der Waals surface area (Å²) >= 11 is 3.57. The van der Waals surface area contributed by atoms with Gasteiger partial charge in [0, 0.05) is 42.7 Å². The lowest BCUT2D eigenvalue weighted by Gasteiger charge is -2.23. The van der Waals surface area contributed by atoms with E-state index in [9.17, 15) is 0 Å². The number of benzene rings is 1. The molecule has 4 heteroatoms. The number of nitrogens with zero attached hydrogens (tertiary/aromatic N) is 2. The Morgan fingerprint density at radius 2 is 1.95 bits per heavy atom. The molecule has 2 rings (SSSR count). The maximum absolute atomic E-state index is 4.07. The molecule has 0 atom stereocenters. The van der Waals surface area contributed by atoms with E-state index in [4.69, 9.17) is 0 Å². The van der Waals surface area contributed by atoms with Gasteiger partial charge in [-0.2, -0.15) is 0 Å². The first-order valence-corrected chi connectivity index (χ1v) is 8.09. The lowest BCUT2D eigenvalue weighted by Crippen LogP contribution is -2.21. The number of anilines is 1. The van der Waals surface area contributed by atoms with Gasteiger partial charge in [-0.05, 0) is 54.4 Å². The van der Waals surface area contributed by atoms with Crippen LogP contribution in [-0.4, -0.2) is 18.6 Å². The predicted molar refractivity (Wildman–Crippen MR) is 92.5 cm³/mol. The minimum atomic E-state index is 0.880. The molecule has 0 aliphatic rings. The summed E-state index contributed by atoms with van der Waals surface area (Å²) in [5.74, 6) is 0. The quantitative estimate of drug-likeness (QED) is 0.767. The van der Waals surface area contributed by atoms with E-state index in [0.717, 1.165) is 30.5 Å². The standard InChI is InChI=1S/C17H22BrN3/c1-3-8-20-12-15-11-16(18)4-5-17(15)21(2)13-14-6-9-19-10-7-14/h4-7,9-11,20H,3,8,12-13H2,1-2H3. The molecular formula is C17H22BrN3. The molecule has 1 aromatic carbocycles. The van der Waals surface area contributed by atoms with Crippen molar-refractivity contribution in [3.8, 4) is 0 Å². The van der Waals surface area contributed by atoms with E-state index in [2.05, 4.69) is 75.4 Å². The molecule has 0 unspecified atom stereocenters. The van der Waals surface area contributed by atoms with Crippen molar-refractivity contribution in [2.24, 2.45) is 0 Å². The second-order valence-corrected chi connectivity index (χ2v) is 6.08. The van der Waals surface area contributed by atoms with E-state index < -0.39 is 0 Å². The van der Waals surface area contributed by atoms with Gasteiger partial charge in [0.15, 0.2) is 0 Å². The largest absolute Gasteiger partial charge is 0.370 e. The Labute approximate surface area is 135 Å². The van der Waals surface area contributed by atoms with Crippen LogP contribution in [0.5, 0.6) is 0 Å². The maximum atomic E-state index is 4.07. The van der Waals surface area contributed by atoms with E-state index >= 15 is 0 Å². The molecule has 0 aliphatic heterocycles. The molecule has 0 bridgehead atoms. The fraction of sp³-hybridized carbons (Fsp3) is 0.353. The van der Waals surface area contributed by atoms with Crippen molar-refractivity contribution in [2.45, 2.75) is 26.4 Å². The Hall–Kier alpha value is -1.39. The number of nitrogens with one attached hydrogen (secondary N) is 1. The third kappa shape index (κ3) is 4.83. The van der Waals surface area contributed by atoms with Crippen LogP contribution < -0.4 is 10.2 Å². The van der Waals surface area contributed by atoms with Gasteiger partial charge in [0.05, 0.1) is 0 Å². The highest BCUT2D eigenvalue weighted by Gasteiger charge is 2.08. The Kier molecular flexibility index (Phi) is 6.21. The van der Waals surface area contributed by atoms with Crippen molar-refractivity contribution in [3.63, 3.8) is 0 Å². The van der Waals surface area contributed by atoms with Crippen LogP contribution >= 0.6 is 15.9 Å². The molecular weight excluding hydrogens is 326 g/mol. The minimum Gasteiger partial charge on any atom is -0.370 e. The smallest absolute Gasteiger partial charge is 0.0427 e. The molecule has 1 heterocycles. The number of pyridine rings is 1. The molecule has 21 heavy (non-hydrogen) atoms. The van der Waals surface area contributed by atoms with Crippen LogP contribution in [0.4, 0.5) is 5.69 Å². The molecule has 1 aromatic heterocycles. The van der Waals surface area contributed by atoms with E-state index in [1.54, 1.807) is 0 Å². The summed E-state index contributed by atoms with van der Waals surface area (Å²) in [6.45, 7) is 5.00. The Morgan fingerprint density at radius 3 is 2.67 bits per heavy atom.